The molecule has 0 saturated carbocycles. The van der Waals surface area contributed by atoms with Crippen molar-refractivity contribution < 1.29 is 9.13 Å². The van der Waals surface area contributed by atoms with Crippen LogP contribution in [0.5, 0.6) is 5.75 Å². The van der Waals surface area contributed by atoms with E-state index < -0.39 is 5.82 Å². The van der Waals surface area contributed by atoms with Gasteiger partial charge in [-0.3, -0.25) is 4.68 Å². The van der Waals surface area contributed by atoms with E-state index in [9.17, 15) is 4.39 Å². The zero-order valence-electron chi connectivity index (χ0n) is 11.7. The molecule has 0 saturated heterocycles. The third-order valence-electron chi connectivity index (χ3n) is 3.20. The van der Waals surface area contributed by atoms with Crippen molar-refractivity contribution in [2.45, 2.75) is 19.5 Å². The second-order valence-electron chi connectivity index (χ2n) is 4.31. The van der Waals surface area contributed by atoms with Gasteiger partial charge in [0.1, 0.15) is 11.5 Å². The molecule has 1 heterocycles. The summed E-state index contributed by atoms with van der Waals surface area (Å²) in [5.74, 6) is 0.257. The maximum Gasteiger partial charge on any atom is 0.161 e. The Morgan fingerprint density at radius 1 is 1.50 bits per heavy atom. The molecule has 0 aliphatic heterocycles. The number of nitrogens with one attached hydrogen (secondary N) is 1. The van der Waals surface area contributed by atoms with Crippen LogP contribution in [0.1, 0.15) is 24.2 Å². The third kappa shape index (κ3) is 2.64. The van der Waals surface area contributed by atoms with E-state index in [1.54, 1.807) is 25.4 Å². The number of benzene rings is 1. The fourth-order valence-corrected chi connectivity index (χ4v) is 2.42. The minimum atomic E-state index is -0.429. The molecule has 1 unspecified atom stereocenters. The molecular weight excluding hydrogens is 281 g/mol. The quantitative estimate of drug-likeness (QED) is 0.922. The molecule has 1 atom stereocenters. The molecule has 2 aromatic rings. The summed E-state index contributed by atoms with van der Waals surface area (Å²) < 4.78 is 20.5. The molecule has 0 bridgehead atoms. The van der Waals surface area contributed by atoms with Crippen LogP contribution in [0.4, 0.5) is 4.39 Å². The summed E-state index contributed by atoms with van der Waals surface area (Å²) >= 11 is 5.87. The number of hydrogen-bond acceptors (Lipinski definition) is 3. The van der Waals surface area contributed by atoms with Crippen LogP contribution < -0.4 is 10.1 Å². The van der Waals surface area contributed by atoms with Gasteiger partial charge in [-0.05, 0) is 31.7 Å². The number of halogens is 2. The van der Waals surface area contributed by atoms with Gasteiger partial charge in [0.25, 0.3) is 0 Å². The van der Waals surface area contributed by atoms with Crippen LogP contribution in [0.15, 0.2) is 24.4 Å². The fraction of sp³-hybridized carbons (Fsp3) is 0.357. The van der Waals surface area contributed by atoms with Gasteiger partial charge < -0.3 is 10.1 Å². The van der Waals surface area contributed by atoms with Crippen molar-refractivity contribution >= 4 is 11.6 Å². The molecule has 6 heteroatoms. The highest BCUT2D eigenvalue weighted by atomic mass is 35.5. The smallest absolute Gasteiger partial charge is 0.161 e. The molecule has 4 nitrogen and oxygen atoms in total. The maximum absolute atomic E-state index is 13.3. The molecule has 1 aromatic heterocycles. The van der Waals surface area contributed by atoms with Crippen LogP contribution in [0.3, 0.4) is 0 Å². The lowest BCUT2D eigenvalue weighted by atomic mass is 10.0. The predicted molar refractivity (Wildman–Crippen MR) is 76.8 cm³/mol. The monoisotopic (exact) mass is 297 g/mol. The number of rotatable bonds is 5. The Morgan fingerprint density at radius 3 is 2.80 bits per heavy atom. The standard InChI is InChI=1S/C14H17ClFN3O/c1-4-19-14(12(20-3)8-18-19)13(17-2)9-5-6-11(16)10(15)7-9/h5-8,13,17H,4H2,1-3H3. The van der Waals surface area contributed by atoms with Crippen molar-refractivity contribution in [3.05, 3.63) is 46.5 Å². The third-order valence-corrected chi connectivity index (χ3v) is 3.49. The fourth-order valence-electron chi connectivity index (χ4n) is 2.23. The average Bonchev–Trinajstić information content (AvgIpc) is 2.86. The number of ether oxygens (including phenoxy) is 1. The van der Waals surface area contributed by atoms with Crippen LogP contribution in [0, 0.1) is 5.82 Å². The summed E-state index contributed by atoms with van der Waals surface area (Å²) in [4.78, 5) is 0. The van der Waals surface area contributed by atoms with E-state index in [0.717, 1.165) is 11.3 Å². The highest BCUT2D eigenvalue weighted by molar-refractivity contribution is 6.30. The molecule has 1 N–H and O–H groups in total. The number of methoxy groups -OCH3 is 1. The van der Waals surface area contributed by atoms with E-state index in [2.05, 4.69) is 10.4 Å². The Kier molecular flexibility index (Phi) is 4.62. The van der Waals surface area contributed by atoms with E-state index in [1.807, 2.05) is 18.7 Å². The molecule has 0 fully saturated rings. The lowest BCUT2D eigenvalue weighted by Crippen LogP contribution is -2.22. The first-order valence-electron chi connectivity index (χ1n) is 6.34. The molecule has 108 valence electrons. The van der Waals surface area contributed by atoms with E-state index in [1.165, 1.54) is 6.07 Å². The number of nitrogens with zero attached hydrogens (tertiary/aromatic N) is 2. The van der Waals surface area contributed by atoms with Crippen LogP contribution >= 0.6 is 11.6 Å². The van der Waals surface area contributed by atoms with E-state index in [0.29, 0.717) is 12.3 Å². The molecule has 0 spiro atoms. The van der Waals surface area contributed by atoms with Crippen LogP contribution in [-0.4, -0.2) is 23.9 Å². The lowest BCUT2D eigenvalue weighted by Gasteiger charge is -2.19. The van der Waals surface area contributed by atoms with Crippen molar-refractivity contribution in [1.29, 1.82) is 0 Å². The first kappa shape index (κ1) is 14.8. The molecule has 0 amide bonds. The Balaban J connectivity index is 2.51. The lowest BCUT2D eigenvalue weighted by molar-refractivity contribution is 0.401. The zero-order valence-corrected chi connectivity index (χ0v) is 12.4. The largest absolute Gasteiger partial charge is 0.493 e. The van der Waals surface area contributed by atoms with E-state index >= 15 is 0 Å². The van der Waals surface area contributed by atoms with Crippen molar-refractivity contribution in [2.24, 2.45) is 0 Å². The van der Waals surface area contributed by atoms with Crippen LogP contribution in [0.25, 0.3) is 0 Å². The molecule has 1 aromatic carbocycles. The summed E-state index contributed by atoms with van der Waals surface area (Å²) in [7, 11) is 3.43. The van der Waals surface area contributed by atoms with E-state index in [4.69, 9.17) is 16.3 Å². The minimum Gasteiger partial charge on any atom is -0.493 e. The first-order valence-corrected chi connectivity index (χ1v) is 6.72. The van der Waals surface area contributed by atoms with Gasteiger partial charge in [-0.1, -0.05) is 17.7 Å². The second-order valence-corrected chi connectivity index (χ2v) is 4.72. The molecule has 0 aliphatic rings. The molecule has 2 rings (SSSR count). The topological polar surface area (TPSA) is 39.1 Å². The summed E-state index contributed by atoms with van der Waals surface area (Å²) in [5, 5.41) is 7.58. The zero-order chi connectivity index (χ0) is 14.7. The van der Waals surface area contributed by atoms with Crippen molar-refractivity contribution in [1.82, 2.24) is 15.1 Å². The average molecular weight is 298 g/mol. The summed E-state index contributed by atoms with van der Waals surface area (Å²) in [6.07, 6.45) is 1.67. The summed E-state index contributed by atoms with van der Waals surface area (Å²) in [5.41, 5.74) is 1.74. The number of aryl methyl sites for hydroxylation is 1. The second kappa shape index (κ2) is 6.24. The Bertz CT molecular complexity index is 579. The summed E-state index contributed by atoms with van der Waals surface area (Å²) in [6.45, 7) is 2.71. The van der Waals surface area contributed by atoms with Crippen molar-refractivity contribution in [3.63, 3.8) is 0 Å². The SMILES string of the molecule is CCn1ncc(OC)c1C(NC)c1ccc(F)c(Cl)c1. The summed E-state index contributed by atoms with van der Waals surface area (Å²) in [6, 6.07) is 4.51. The van der Waals surface area contributed by atoms with Crippen LogP contribution in [0.2, 0.25) is 5.02 Å². The number of aromatic nitrogens is 2. The van der Waals surface area contributed by atoms with Gasteiger partial charge >= 0.3 is 0 Å². The Hall–Kier alpha value is -1.59. The molecule has 0 radical (unpaired) electrons. The van der Waals surface area contributed by atoms with Crippen LogP contribution in [-0.2, 0) is 6.54 Å². The van der Waals surface area contributed by atoms with Gasteiger partial charge in [0.15, 0.2) is 5.75 Å². The van der Waals surface area contributed by atoms with Gasteiger partial charge in [0.2, 0.25) is 0 Å². The van der Waals surface area contributed by atoms with Crippen molar-refractivity contribution in [3.8, 4) is 5.75 Å². The Morgan fingerprint density at radius 2 is 2.25 bits per heavy atom. The van der Waals surface area contributed by atoms with E-state index in [-0.39, 0.29) is 11.1 Å². The first-order chi connectivity index (χ1) is 9.62. The Labute approximate surface area is 122 Å². The molecule has 0 aliphatic carbocycles. The highest BCUT2D eigenvalue weighted by Crippen LogP contribution is 2.31. The van der Waals surface area contributed by atoms with Crippen molar-refractivity contribution in [2.75, 3.05) is 14.2 Å². The molecular formula is C14H17ClFN3O. The van der Waals surface area contributed by atoms with Gasteiger partial charge in [-0.25, -0.2) is 4.39 Å². The minimum absolute atomic E-state index is 0.101. The predicted octanol–water partition coefficient (Wildman–Crippen LogP) is 3.01. The normalized spacial score (nSPS) is 12.4. The number of hydrogen-bond donors (Lipinski definition) is 1. The highest BCUT2D eigenvalue weighted by Gasteiger charge is 2.22. The van der Waals surface area contributed by atoms with Gasteiger partial charge in [0, 0.05) is 6.54 Å². The maximum atomic E-state index is 13.3. The van der Waals surface area contributed by atoms with Gasteiger partial charge in [0.05, 0.1) is 24.4 Å². The van der Waals surface area contributed by atoms with Gasteiger partial charge in [-0.2, -0.15) is 5.10 Å². The van der Waals surface area contributed by atoms with Gasteiger partial charge in [-0.15, -0.1) is 0 Å². The molecule has 20 heavy (non-hydrogen) atoms.